The van der Waals surface area contributed by atoms with Crippen LogP contribution >= 0.6 is 0 Å². The zero-order chi connectivity index (χ0) is 28.8. The molecule has 1 aromatic heterocycles. The summed E-state index contributed by atoms with van der Waals surface area (Å²) in [6.45, 7) is 10.6. The molecule has 0 fully saturated rings. The Hall–Kier alpha value is -3.65. The molecule has 1 aromatic carbocycles. The van der Waals surface area contributed by atoms with Gasteiger partial charge in [-0.3, -0.25) is 4.79 Å². The highest BCUT2D eigenvalue weighted by atomic mass is 16.5. The molecule has 1 amide bonds. The van der Waals surface area contributed by atoms with Gasteiger partial charge in [-0.05, 0) is 69.9 Å². The fourth-order valence-corrected chi connectivity index (χ4v) is 3.82. The summed E-state index contributed by atoms with van der Waals surface area (Å²) in [6.07, 6.45) is 16.6. The number of rotatable bonds is 11. The number of hydrogen-bond acceptors (Lipinski definition) is 6. The van der Waals surface area contributed by atoms with Gasteiger partial charge in [-0.1, -0.05) is 50.1 Å². The molecule has 1 aliphatic rings. The lowest BCUT2D eigenvalue weighted by molar-refractivity contribution is -0.149. The summed E-state index contributed by atoms with van der Waals surface area (Å²) in [4.78, 5) is 30.5. The minimum absolute atomic E-state index is 0. The van der Waals surface area contributed by atoms with Crippen LogP contribution < -0.4 is 10.5 Å². The van der Waals surface area contributed by atoms with E-state index in [0.717, 1.165) is 30.5 Å². The molecule has 2 aromatic rings. The first-order chi connectivity index (χ1) is 18.5. The largest absolute Gasteiger partial charge is 0.493 e. The third kappa shape index (κ3) is 11.3. The molecule has 0 saturated carbocycles. The van der Waals surface area contributed by atoms with Gasteiger partial charge in [-0.15, -0.1) is 0 Å². The number of carbonyl (C=O) groups excluding carboxylic acids is 1. The first-order valence-corrected chi connectivity index (χ1v) is 13.5. The van der Waals surface area contributed by atoms with Crippen molar-refractivity contribution in [2.75, 3.05) is 13.2 Å². The van der Waals surface area contributed by atoms with Gasteiger partial charge >= 0.3 is 5.97 Å². The van der Waals surface area contributed by atoms with Gasteiger partial charge in [0.25, 0.3) is 0 Å². The van der Waals surface area contributed by atoms with Gasteiger partial charge in [0, 0.05) is 24.6 Å². The summed E-state index contributed by atoms with van der Waals surface area (Å²) in [5.74, 6) is -0.245. The monoisotopic (exact) mass is 537 g/mol. The lowest BCUT2D eigenvalue weighted by atomic mass is 9.92. The molecule has 3 N–H and O–H groups in total. The Balaban J connectivity index is 0.000000976. The molecule has 0 bridgehead atoms. The summed E-state index contributed by atoms with van der Waals surface area (Å²) >= 11 is 0. The van der Waals surface area contributed by atoms with E-state index in [2.05, 4.69) is 18.0 Å². The number of allylic oxidation sites excluding steroid dienone is 4. The Kier molecular flexibility index (Phi) is 12.7. The number of amides is 1. The first kappa shape index (κ1) is 31.6. The van der Waals surface area contributed by atoms with Crippen LogP contribution in [0, 0.1) is 0 Å². The van der Waals surface area contributed by atoms with Crippen LogP contribution in [0.15, 0.2) is 59.3 Å². The molecule has 1 unspecified atom stereocenters. The highest BCUT2D eigenvalue weighted by Gasteiger charge is 2.35. The number of aliphatic carboxylic acids is 1. The molecular weight excluding hydrogens is 494 g/mol. The predicted octanol–water partition coefficient (Wildman–Crippen LogP) is 5.89. The number of benzene rings is 1. The van der Waals surface area contributed by atoms with Crippen molar-refractivity contribution >= 4 is 18.0 Å². The molecule has 0 aliphatic carbocycles. The van der Waals surface area contributed by atoms with Gasteiger partial charge in [0.1, 0.15) is 12.0 Å². The minimum atomic E-state index is -1.06. The van der Waals surface area contributed by atoms with Crippen LogP contribution in [0.25, 0.3) is 6.08 Å². The summed E-state index contributed by atoms with van der Waals surface area (Å²) < 4.78 is 11.3. The van der Waals surface area contributed by atoms with Crippen molar-refractivity contribution in [1.82, 2.24) is 9.88 Å². The van der Waals surface area contributed by atoms with Crippen LogP contribution in [0.4, 0.5) is 0 Å². The highest BCUT2D eigenvalue weighted by Crippen LogP contribution is 2.33. The average Bonchev–Trinajstić information content (AvgIpc) is 3.32. The maximum atomic E-state index is 12.6. The van der Waals surface area contributed by atoms with Crippen LogP contribution in [0.2, 0.25) is 0 Å². The Bertz CT molecular complexity index is 1150. The van der Waals surface area contributed by atoms with Gasteiger partial charge in [0.05, 0.1) is 12.3 Å². The Labute approximate surface area is 232 Å². The number of aromatic nitrogens is 1. The van der Waals surface area contributed by atoms with Crippen molar-refractivity contribution in [3.8, 4) is 5.75 Å². The Morgan fingerprint density at radius 1 is 1.28 bits per heavy atom. The minimum Gasteiger partial charge on any atom is -0.493 e. The molecule has 0 spiro atoms. The van der Waals surface area contributed by atoms with Gasteiger partial charge in [0.15, 0.2) is 6.04 Å². The second-order valence-electron chi connectivity index (χ2n) is 10.5. The summed E-state index contributed by atoms with van der Waals surface area (Å²) in [5, 5.41) is 9.89. The summed E-state index contributed by atoms with van der Waals surface area (Å²) in [6, 6.07) is 4.40. The molecule has 1 aliphatic heterocycles. The van der Waals surface area contributed by atoms with E-state index in [-0.39, 0.29) is 11.4 Å². The van der Waals surface area contributed by atoms with Gasteiger partial charge in [-0.25, -0.2) is 9.78 Å². The standard InChI is InChI=1S/C27H32N2O5.C4H11N/c1-3-5-7-9-10-24-28-21(19-34-24)15-17-33-22-13-12-20-14-16-29(25(30)11-8-6-4-2)26(27(31)32)23(20)18-22;1-4(2,3)5/h4,6,8-13,18-19,26H,3,5,7,14-17H2,1-2H3,(H,31,32);5H2,1-3H3/b6-4?,10-9+,11-8?;. The van der Waals surface area contributed by atoms with Crippen molar-refractivity contribution in [3.05, 3.63) is 77.6 Å². The maximum Gasteiger partial charge on any atom is 0.331 e. The summed E-state index contributed by atoms with van der Waals surface area (Å²) in [5.41, 5.74) is 7.65. The van der Waals surface area contributed by atoms with Crippen molar-refractivity contribution in [1.29, 1.82) is 0 Å². The third-order valence-corrected chi connectivity index (χ3v) is 5.59. The van der Waals surface area contributed by atoms with E-state index in [0.29, 0.717) is 43.2 Å². The quantitative estimate of drug-likeness (QED) is 0.208. The highest BCUT2D eigenvalue weighted by molar-refractivity contribution is 5.92. The van der Waals surface area contributed by atoms with Crippen LogP contribution in [0.5, 0.6) is 5.75 Å². The molecule has 8 heteroatoms. The first-order valence-electron chi connectivity index (χ1n) is 13.5. The molecule has 1 atom stereocenters. The molecule has 0 radical (unpaired) electrons. The zero-order valence-electron chi connectivity index (χ0n) is 23.9. The Morgan fingerprint density at radius 3 is 2.69 bits per heavy atom. The van der Waals surface area contributed by atoms with E-state index in [1.165, 1.54) is 11.0 Å². The van der Waals surface area contributed by atoms with Gasteiger partial charge in [0.2, 0.25) is 11.8 Å². The van der Waals surface area contributed by atoms with Crippen molar-refractivity contribution < 1.29 is 23.8 Å². The van der Waals surface area contributed by atoms with Gasteiger partial charge < -0.3 is 24.9 Å². The number of hydrogen-bond donors (Lipinski definition) is 2. The number of oxazole rings is 1. The van der Waals surface area contributed by atoms with Crippen LogP contribution in [-0.2, 0) is 22.4 Å². The second-order valence-corrected chi connectivity index (χ2v) is 10.5. The molecular formula is C31H43N3O5. The molecule has 2 heterocycles. The van der Waals surface area contributed by atoms with E-state index in [9.17, 15) is 14.7 Å². The van der Waals surface area contributed by atoms with Crippen molar-refractivity contribution in [2.24, 2.45) is 5.73 Å². The van der Waals surface area contributed by atoms with Crippen LogP contribution in [0.3, 0.4) is 0 Å². The number of carboxylic acid groups (broad SMARTS) is 1. The fourth-order valence-electron chi connectivity index (χ4n) is 3.82. The molecule has 39 heavy (non-hydrogen) atoms. The topological polar surface area (TPSA) is 119 Å². The maximum absolute atomic E-state index is 12.6. The lowest BCUT2D eigenvalue weighted by Gasteiger charge is -2.34. The average molecular weight is 538 g/mol. The SMILES string of the molecule is CC(C)(C)N.CC=CC=CC(=O)N1CCc2ccc(OCCc3coc(/C=C/CCCC)n3)cc2C1C(=O)O. The second kappa shape index (κ2) is 15.7. The fraction of sp³-hybridized carbons (Fsp3) is 0.452. The zero-order valence-corrected chi connectivity index (χ0v) is 23.9. The number of fused-ring (bicyclic) bond motifs is 1. The summed E-state index contributed by atoms with van der Waals surface area (Å²) in [7, 11) is 0. The van der Waals surface area contributed by atoms with Crippen molar-refractivity contribution in [2.45, 2.75) is 78.3 Å². The van der Waals surface area contributed by atoms with Crippen molar-refractivity contribution in [3.63, 3.8) is 0 Å². The van der Waals surface area contributed by atoms with E-state index >= 15 is 0 Å². The predicted molar refractivity (Wildman–Crippen MR) is 154 cm³/mol. The smallest absolute Gasteiger partial charge is 0.331 e. The molecule has 8 nitrogen and oxygen atoms in total. The molecule has 0 saturated heterocycles. The number of unbranched alkanes of at least 4 members (excludes halogenated alkanes) is 2. The molecule has 212 valence electrons. The Morgan fingerprint density at radius 2 is 2.03 bits per heavy atom. The van der Waals surface area contributed by atoms with E-state index in [4.69, 9.17) is 14.9 Å². The lowest BCUT2D eigenvalue weighted by Crippen LogP contribution is -2.42. The van der Waals surface area contributed by atoms with E-state index < -0.39 is 12.0 Å². The van der Waals surface area contributed by atoms with E-state index in [1.807, 2.05) is 45.9 Å². The number of nitrogens with zero attached hydrogens (tertiary/aromatic N) is 2. The number of nitrogens with two attached hydrogens (primary N) is 1. The number of carbonyl (C=O) groups is 2. The number of ether oxygens (including phenoxy) is 1. The van der Waals surface area contributed by atoms with Crippen LogP contribution in [-0.4, -0.2) is 45.6 Å². The number of carboxylic acids is 1. The van der Waals surface area contributed by atoms with E-state index in [1.54, 1.807) is 30.6 Å². The normalized spacial score (nSPS) is 15.4. The molecule has 3 rings (SSSR count). The third-order valence-electron chi connectivity index (χ3n) is 5.59. The van der Waals surface area contributed by atoms with Crippen LogP contribution in [0.1, 0.15) is 82.6 Å². The van der Waals surface area contributed by atoms with Gasteiger partial charge in [-0.2, -0.15) is 0 Å².